The molecule has 1 heterocycles. The van der Waals surface area contributed by atoms with Gasteiger partial charge in [-0.25, -0.2) is 4.98 Å². The maximum absolute atomic E-state index is 12.1. The molecule has 0 aliphatic carbocycles. The third kappa shape index (κ3) is 4.55. The fourth-order valence-corrected chi connectivity index (χ4v) is 3.78. The second kappa shape index (κ2) is 7.06. The lowest BCUT2D eigenvalue weighted by Gasteiger charge is -2.01. The molecule has 0 atom stereocenters. The van der Waals surface area contributed by atoms with Crippen LogP contribution in [0.15, 0.2) is 32.9 Å². The summed E-state index contributed by atoms with van der Waals surface area (Å²) in [6.07, 6.45) is 0. The van der Waals surface area contributed by atoms with Gasteiger partial charge in [-0.15, -0.1) is 11.8 Å². The minimum absolute atomic E-state index is 0.196. The normalized spacial score (nSPS) is 10.4. The van der Waals surface area contributed by atoms with Crippen molar-refractivity contribution in [3.8, 4) is 0 Å². The summed E-state index contributed by atoms with van der Waals surface area (Å²) in [7, 11) is 0. The van der Waals surface area contributed by atoms with E-state index in [1.807, 2.05) is 13.0 Å². The first-order valence-corrected chi connectivity index (χ1v) is 8.50. The van der Waals surface area contributed by atoms with Crippen LogP contribution in [-0.4, -0.2) is 22.6 Å². The van der Waals surface area contributed by atoms with E-state index in [2.05, 4.69) is 26.2 Å². The Morgan fingerprint density at radius 1 is 1.48 bits per heavy atom. The number of aromatic nitrogens is 1. The predicted octanol–water partition coefficient (Wildman–Crippen LogP) is 3.04. The number of carbonyl (C=O) groups is 2. The lowest BCUT2D eigenvalue weighted by atomic mass is 10.2. The number of anilines is 1. The van der Waals surface area contributed by atoms with Crippen LogP contribution >= 0.6 is 39.0 Å². The Bertz CT molecular complexity index is 688. The number of carbonyl (C=O) groups excluding carboxylic acids is 2. The first kappa shape index (κ1) is 16.0. The fraction of sp³-hybridized carbons (Fsp3) is 0.154. The Morgan fingerprint density at radius 2 is 2.24 bits per heavy atom. The molecule has 5 nitrogen and oxygen atoms in total. The van der Waals surface area contributed by atoms with Crippen molar-refractivity contribution in [1.29, 1.82) is 0 Å². The van der Waals surface area contributed by atoms with E-state index < -0.39 is 0 Å². The molecule has 0 aliphatic rings. The van der Waals surface area contributed by atoms with Gasteiger partial charge in [0.05, 0.1) is 15.7 Å². The Labute approximate surface area is 138 Å². The van der Waals surface area contributed by atoms with E-state index in [0.717, 1.165) is 14.4 Å². The monoisotopic (exact) mass is 385 g/mol. The fourth-order valence-electron chi connectivity index (χ4n) is 1.51. The van der Waals surface area contributed by atoms with Crippen LogP contribution in [0.5, 0.6) is 0 Å². The molecule has 0 saturated heterocycles. The summed E-state index contributed by atoms with van der Waals surface area (Å²) in [5.41, 5.74) is 6.44. The number of thiazole rings is 1. The zero-order chi connectivity index (χ0) is 15.4. The number of nitrogens with zero attached hydrogens (tertiary/aromatic N) is 1. The Kier molecular flexibility index (Phi) is 5.38. The van der Waals surface area contributed by atoms with Crippen molar-refractivity contribution in [3.63, 3.8) is 0 Å². The molecule has 1 aromatic heterocycles. The standard InChI is InChI=1S/C13H12BrN3O2S2/c1-7-12(20-6-10(15)18)21-13(16-7)17-11(19)8-3-2-4-9(14)5-8/h2-5H,6H2,1H3,(H2,15,18)(H,16,17,19). The van der Waals surface area contributed by atoms with Gasteiger partial charge in [0, 0.05) is 10.0 Å². The molecule has 110 valence electrons. The van der Waals surface area contributed by atoms with Crippen LogP contribution < -0.4 is 11.1 Å². The molecule has 2 amide bonds. The van der Waals surface area contributed by atoms with E-state index in [9.17, 15) is 9.59 Å². The van der Waals surface area contributed by atoms with Crippen LogP contribution in [0.3, 0.4) is 0 Å². The smallest absolute Gasteiger partial charge is 0.257 e. The average Bonchev–Trinajstić information content (AvgIpc) is 2.76. The van der Waals surface area contributed by atoms with Crippen LogP contribution in [0.4, 0.5) is 5.13 Å². The third-order valence-corrected chi connectivity index (χ3v) is 5.36. The van der Waals surface area contributed by atoms with Gasteiger partial charge >= 0.3 is 0 Å². The molecule has 21 heavy (non-hydrogen) atoms. The number of hydrogen-bond acceptors (Lipinski definition) is 5. The van der Waals surface area contributed by atoms with E-state index >= 15 is 0 Å². The molecule has 0 fully saturated rings. The topological polar surface area (TPSA) is 85.1 Å². The molecule has 3 N–H and O–H groups in total. The Balaban J connectivity index is 2.08. The quantitative estimate of drug-likeness (QED) is 0.774. The highest BCUT2D eigenvalue weighted by molar-refractivity contribution is 9.10. The van der Waals surface area contributed by atoms with Gasteiger partial charge in [-0.1, -0.05) is 33.3 Å². The molecule has 0 bridgehead atoms. The van der Waals surface area contributed by atoms with Gasteiger partial charge in [-0.05, 0) is 25.1 Å². The minimum Gasteiger partial charge on any atom is -0.369 e. The SMILES string of the molecule is Cc1nc(NC(=O)c2cccc(Br)c2)sc1SCC(N)=O. The maximum atomic E-state index is 12.1. The molecule has 0 unspecified atom stereocenters. The van der Waals surface area contributed by atoms with Gasteiger partial charge in [0.25, 0.3) is 5.91 Å². The van der Waals surface area contributed by atoms with Crippen molar-refractivity contribution in [3.05, 3.63) is 40.0 Å². The van der Waals surface area contributed by atoms with E-state index in [0.29, 0.717) is 10.7 Å². The van der Waals surface area contributed by atoms with Crippen LogP contribution in [-0.2, 0) is 4.79 Å². The number of halogens is 1. The van der Waals surface area contributed by atoms with Crippen LogP contribution in [0, 0.1) is 6.92 Å². The van der Waals surface area contributed by atoms with Gasteiger partial charge in [-0.3, -0.25) is 14.9 Å². The van der Waals surface area contributed by atoms with Crippen molar-refractivity contribution in [2.45, 2.75) is 11.1 Å². The number of hydrogen-bond donors (Lipinski definition) is 2. The van der Waals surface area contributed by atoms with Crippen molar-refractivity contribution in [2.75, 3.05) is 11.1 Å². The first-order valence-electron chi connectivity index (χ1n) is 5.91. The molecule has 2 aromatic rings. The molecule has 0 aliphatic heterocycles. The highest BCUT2D eigenvalue weighted by Crippen LogP contribution is 2.32. The van der Waals surface area contributed by atoms with Crippen molar-refractivity contribution >= 4 is 56.0 Å². The van der Waals surface area contributed by atoms with Crippen molar-refractivity contribution in [2.24, 2.45) is 5.73 Å². The third-order valence-electron chi connectivity index (χ3n) is 2.41. The molecule has 1 aromatic carbocycles. The van der Waals surface area contributed by atoms with Gasteiger partial charge in [0.2, 0.25) is 5.91 Å². The molecule has 8 heteroatoms. The van der Waals surface area contributed by atoms with Crippen LogP contribution in [0.1, 0.15) is 16.1 Å². The van der Waals surface area contributed by atoms with Gasteiger partial charge in [0.15, 0.2) is 5.13 Å². The molecule has 0 saturated carbocycles. The first-order chi connectivity index (χ1) is 9.95. The highest BCUT2D eigenvalue weighted by Gasteiger charge is 2.13. The average molecular weight is 386 g/mol. The molecular formula is C13H12BrN3O2S2. The van der Waals surface area contributed by atoms with Crippen LogP contribution in [0.2, 0.25) is 0 Å². The number of amides is 2. The molecule has 2 rings (SSSR count). The summed E-state index contributed by atoms with van der Waals surface area (Å²) in [5, 5.41) is 3.26. The number of rotatable bonds is 5. The zero-order valence-corrected chi connectivity index (χ0v) is 14.3. The summed E-state index contributed by atoms with van der Waals surface area (Å²) < 4.78 is 1.71. The number of nitrogens with one attached hydrogen (secondary N) is 1. The summed E-state index contributed by atoms with van der Waals surface area (Å²) in [4.78, 5) is 27.2. The second-order valence-electron chi connectivity index (χ2n) is 4.11. The predicted molar refractivity (Wildman–Crippen MR) is 88.9 cm³/mol. The highest BCUT2D eigenvalue weighted by atomic mass is 79.9. The van der Waals surface area contributed by atoms with Crippen LogP contribution in [0.25, 0.3) is 0 Å². The lowest BCUT2D eigenvalue weighted by Crippen LogP contribution is -2.12. The van der Waals surface area contributed by atoms with E-state index in [4.69, 9.17) is 5.73 Å². The maximum Gasteiger partial charge on any atom is 0.257 e. The second-order valence-corrected chi connectivity index (χ2v) is 7.27. The van der Waals surface area contributed by atoms with E-state index in [-0.39, 0.29) is 17.6 Å². The van der Waals surface area contributed by atoms with Crippen molar-refractivity contribution in [1.82, 2.24) is 4.98 Å². The van der Waals surface area contributed by atoms with Gasteiger partial charge in [-0.2, -0.15) is 0 Å². The minimum atomic E-state index is -0.382. The van der Waals surface area contributed by atoms with Crippen molar-refractivity contribution < 1.29 is 9.59 Å². The number of nitrogens with two attached hydrogens (primary N) is 1. The van der Waals surface area contributed by atoms with Gasteiger partial charge < -0.3 is 5.73 Å². The molecular weight excluding hydrogens is 374 g/mol. The Hall–Kier alpha value is -1.38. The zero-order valence-electron chi connectivity index (χ0n) is 11.1. The molecule has 0 spiro atoms. The number of thioether (sulfide) groups is 1. The largest absolute Gasteiger partial charge is 0.369 e. The van der Waals surface area contributed by atoms with E-state index in [1.165, 1.54) is 23.1 Å². The number of primary amides is 1. The number of aryl methyl sites for hydroxylation is 1. The van der Waals surface area contributed by atoms with E-state index in [1.54, 1.807) is 18.2 Å². The number of benzene rings is 1. The lowest BCUT2D eigenvalue weighted by molar-refractivity contribution is -0.115. The molecule has 0 radical (unpaired) electrons. The Morgan fingerprint density at radius 3 is 2.90 bits per heavy atom. The van der Waals surface area contributed by atoms with Gasteiger partial charge in [0.1, 0.15) is 0 Å². The summed E-state index contributed by atoms with van der Waals surface area (Å²) in [5.74, 6) is -0.411. The summed E-state index contributed by atoms with van der Waals surface area (Å²) >= 11 is 5.98. The summed E-state index contributed by atoms with van der Waals surface area (Å²) in [6.45, 7) is 1.83. The summed E-state index contributed by atoms with van der Waals surface area (Å²) in [6, 6.07) is 7.10.